The maximum atomic E-state index is 11.9. The molecule has 0 spiro atoms. The van der Waals surface area contributed by atoms with Crippen molar-refractivity contribution in [1.29, 1.82) is 0 Å². The maximum Gasteiger partial charge on any atom is 0.326 e. The van der Waals surface area contributed by atoms with Gasteiger partial charge in [0.25, 0.3) is 5.91 Å². The van der Waals surface area contributed by atoms with Gasteiger partial charge in [0.05, 0.1) is 0 Å². The lowest BCUT2D eigenvalue weighted by Gasteiger charge is -2.19. The zero-order chi connectivity index (χ0) is 18.6. The van der Waals surface area contributed by atoms with Crippen LogP contribution in [0.3, 0.4) is 0 Å². The van der Waals surface area contributed by atoms with Crippen molar-refractivity contribution in [3.63, 3.8) is 0 Å². The first-order valence-electron chi connectivity index (χ1n) is 7.88. The minimum Gasteiger partial charge on any atom is -0.454 e. The Hall–Kier alpha value is -2.41. The van der Waals surface area contributed by atoms with E-state index in [2.05, 4.69) is 26.1 Å². The van der Waals surface area contributed by atoms with Crippen LogP contribution in [-0.2, 0) is 26.3 Å². The molecular formula is C18H22N2O4S. The van der Waals surface area contributed by atoms with Gasteiger partial charge < -0.3 is 10.1 Å². The zero-order valence-electron chi connectivity index (χ0n) is 14.8. The summed E-state index contributed by atoms with van der Waals surface area (Å²) >= 11 is 1.02. The van der Waals surface area contributed by atoms with Gasteiger partial charge in [0.1, 0.15) is 6.54 Å². The summed E-state index contributed by atoms with van der Waals surface area (Å²) in [5.74, 6) is -1.05. The number of hydrogen-bond acceptors (Lipinski definition) is 5. The van der Waals surface area contributed by atoms with Gasteiger partial charge in [0.15, 0.2) is 6.61 Å². The molecule has 134 valence electrons. The molecule has 2 aromatic rings. The second-order valence-corrected chi connectivity index (χ2v) is 7.59. The van der Waals surface area contributed by atoms with Crippen LogP contribution in [0.2, 0.25) is 0 Å². The fourth-order valence-corrected chi connectivity index (χ4v) is 2.90. The number of ether oxygens (including phenoxy) is 1. The maximum absolute atomic E-state index is 11.9. The molecule has 25 heavy (non-hydrogen) atoms. The van der Waals surface area contributed by atoms with Gasteiger partial charge in [-0.2, -0.15) is 0 Å². The first-order chi connectivity index (χ1) is 11.7. The Morgan fingerprint density at radius 3 is 2.36 bits per heavy atom. The Kier molecular flexibility index (Phi) is 5.79. The van der Waals surface area contributed by atoms with Crippen LogP contribution in [0.25, 0.3) is 0 Å². The molecule has 1 N–H and O–H groups in total. The van der Waals surface area contributed by atoms with E-state index in [1.165, 1.54) is 4.57 Å². The average Bonchev–Trinajstić information content (AvgIpc) is 2.84. The number of carbonyl (C=O) groups excluding carboxylic acids is 2. The van der Waals surface area contributed by atoms with E-state index in [1.54, 1.807) is 12.3 Å². The number of nitrogens with one attached hydrogen (secondary N) is 1. The number of thiazole rings is 1. The van der Waals surface area contributed by atoms with Crippen molar-refractivity contribution in [2.75, 3.05) is 11.9 Å². The van der Waals surface area contributed by atoms with Crippen molar-refractivity contribution in [2.45, 2.75) is 39.7 Å². The topological polar surface area (TPSA) is 77.4 Å². The van der Waals surface area contributed by atoms with Crippen LogP contribution >= 0.6 is 11.3 Å². The third-order valence-electron chi connectivity index (χ3n) is 3.66. The number of anilines is 1. The lowest BCUT2D eigenvalue weighted by molar-refractivity contribution is -0.147. The normalized spacial score (nSPS) is 11.2. The molecule has 0 saturated carbocycles. The molecule has 0 saturated heterocycles. The van der Waals surface area contributed by atoms with Gasteiger partial charge in [-0.15, -0.1) is 0 Å². The fraction of sp³-hybridized carbons (Fsp3) is 0.389. The highest BCUT2D eigenvalue weighted by atomic mass is 32.1. The Morgan fingerprint density at radius 2 is 1.84 bits per heavy atom. The molecule has 0 aliphatic carbocycles. The van der Waals surface area contributed by atoms with Crippen molar-refractivity contribution in [3.8, 4) is 0 Å². The molecule has 1 aromatic heterocycles. The lowest BCUT2D eigenvalue weighted by Crippen LogP contribution is -2.26. The molecule has 0 atom stereocenters. The molecule has 0 radical (unpaired) electrons. The summed E-state index contributed by atoms with van der Waals surface area (Å²) in [6.45, 7) is 7.49. The Labute approximate surface area is 150 Å². The number of carbonyl (C=O) groups is 2. The number of aromatic nitrogens is 1. The highest BCUT2D eigenvalue weighted by molar-refractivity contribution is 7.07. The van der Waals surface area contributed by atoms with Gasteiger partial charge in [-0.25, -0.2) is 0 Å². The molecular weight excluding hydrogens is 340 g/mol. The summed E-state index contributed by atoms with van der Waals surface area (Å²) in [4.78, 5) is 35.0. The summed E-state index contributed by atoms with van der Waals surface area (Å²) in [7, 11) is 0. The van der Waals surface area contributed by atoms with Crippen molar-refractivity contribution >= 4 is 28.9 Å². The van der Waals surface area contributed by atoms with Crippen LogP contribution in [-0.4, -0.2) is 23.1 Å². The molecule has 7 heteroatoms. The smallest absolute Gasteiger partial charge is 0.326 e. The van der Waals surface area contributed by atoms with Crippen LogP contribution in [0.15, 0.2) is 34.4 Å². The SMILES string of the molecule is Cc1csc(=O)n1CC(=O)OCC(=O)Nc1ccc(C(C)(C)C)cc1. The van der Waals surface area contributed by atoms with Crippen LogP contribution in [0.4, 0.5) is 5.69 Å². The number of nitrogens with zero attached hydrogens (tertiary/aromatic N) is 1. The van der Waals surface area contributed by atoms with Crippen LogP contribution < -0.4 is 10.2 Å². The van der Waals surface area contributed by atoms with E-state index in [-0.39, 0.29) is 16.8 Å². The van der Waals surface area contributed by atoms with E-state index in [0.717, 1.165) is 16.9 Å². The summed E-state index contributed by atoms with van der Waals surface area (Å²) in [6.07, 6.45) is 0. The molecule has 0 bridgehead atoms. The number of amides is 1. The summed E-state index contributed by atoms with van der Waals surface area (Å²) in [5.41, 5.74) is 2.53. The first-order valence-corrected chi connectivity index (χ1v) is 8.76. The molecule has 0 fully saturated rings. The number of esters is 1. The monoisotopic (exact) mass is 362 g/mol. The van der Waals surface area contributed by atoms with Crippen molar-refractivity contribution < 1.29 is 14.3 Å². The van der Waals surface area contributed by atoms with Gasteiger partial charge >= 0.3 is 10.8 Å². The molecule has 2 rings (SSSR count). The Balaban J connectivity index is 1.84. The number of aryl methyl sites for hydroxylation is 1. The standard InChI is InChI=1S/C18H22N2O4S/c1-12-11-25-17(23)20(12)9-16(22)24-10-15(21)19-14-7-5-13(6-8-14)18(2,3)4/h5-8,11H,9-10H2,1-4H3,(H,19,21). The number of benzene rings is 1. The number of hydrogen-bond donors (Lipinski definition) is 1. The Bertz CT molecular complexity index is 813. The van der Waals surface area contributed by atoms with E-state index in [9.17, 15) is 14.4 Å². The first kappa shape index (κ1) is 18.9. The van der Waals surface area contributed by atoms with E-state index >= 15 is 0 Å². The third-order valence-corrected chi connectivity index (χ3v) is 4.54. The molecule has 0 aliphatic heterocycles. The van der Waals surface area contributed by atoms with Gasteiger partial charge in [0.2, 0.25) is 0 Å². The van der Waals surface area contributed by atoms with Crippen molar-refractivity contribution in [1.82, 2.24) is 4.57 Å². The highest BCUT2D eigenvalue weighted by Gasteiger charge is 2.14. The second kappa shape index (κ2) is 7.65. The average molecular weight is 362 g/mol. The van der Waals surface area contributed by atoms with E-state index in [0.29, 0.717) is 11.4 Å². The predicted molar refractivity (Wildman–Crippen MR) is 98.0 cm³/mol. The van der Waals surface area contributed by atoms with E-state index in [4.69, 9.17) is 4.74 Å². The highest BCUT2D eigenvalue weighted by Crippen LogP contribution is 2.23. The van der Waals surface area contributed by atoms with Crippen LogP contribution in [0, 0.1) is 6.92 Å². The van der Waals surface area contributed by atoms with Crippen LogP contribution in [0.1, 0.15) is 32.0 Å². The van der Waals surface area contributed by atoms with Crippen molar-refractivity contribution in [2.24, 2.45) is 0 Å². The van der Waals surface area contributed by atoms with Gasteiger partial charge in [-0.3, -0.25) is 19.0 Å². The molecule has 1 aromatic carbocycles. The van der Waals surface area contributed by atoms with E-state index < -0.39 is 18.5 Å². The van der Waals surface area contributed by atoms with Gasteiger partial charge in [0, 0.05) is 16.8 Å². The minimum absolute atomic E-state index is 0.0376. The third kappa shape index (κ3) is 5.29. The van der Waals surface area contributed by atoms with E-state index in [1.807, 2.05) is 24.3 Å². The molecule has 0 aliphatic rings. The number of rotatable bonds is 5. The summed E-state index contributed by atoms with van der Waals surface area (Å²) in [5, 5.41) is 4.35. The second-order valence-electron chi connectivity index (χ2n) is 6.77. The quantitative estimate of drug-likeness (QED) is 0.830. The minimum atomic E-state index is -0.623. The predicted octanol–water partition coefficient (Wildman–Crippen LogP) is 2.70. The molecule has 6 nitrogen and oxygen atoms in total. The van der Waals surface area contributed by atoms with Gasteiger partial charge in [-0.05, 0) is 30.0 Å². The summed E-state index contributed by atoms with van der Waals surface area (Å²) in [6, 6.07) is 7.53. The Morgan fingerprint density at radius 1 is 1.20 bits per heavy atom. The molecule has 1 amide bonds. The lowest BCUT2D eigenvalue weighted by atomic mass is 9.87. The van der Waals surface area contributed by atoms with Gasteiger partial charge in [-0.1, -0.05) is 44.2 Å². The van der Waals surface area contributed by atoms with Crippen molar-refractivity contribution in [3.05, 3.63) is 50.6 Å². The molecule has 0 unspecified atom stereocenters. The largest absolute Gasteiger partial charge is 0.454 e. The zero-order valence-corrected chi connectivity index (χ0v) is 15.6. The fourth-order valence-electron chi connectivity index (χ4n) is 2.17. The summed E-state index contributed by atoms with van der Waals surface area (Å²) < 4.78 is 6.25. The molecule has 1 heterocycles. The van der Waals surface area contributed by atoms with Crippen LogP contribution in [0.5, 0.6) is 0 Å².